The Balaban J connectivity index is 1.40. The normalized spacial score (nSPS) is 16.7. The molecule has 0 aliphatic rings. The van der Waals surface area contributed by atoms with E-state index in [2.05, 4.69) is 107 Å². The number of hydrogen-bond acceptors (Lipinski definition) is 3. The minimum absolute atomic E-state index is 0.0393. The van der Waals surface area contributed by atoms with Crippen LogP contribution in [0.1, 0.15) is 151 Å². The molecule has 0 saturated heterocycles. The molecule has 8 rings (SSSR count). The Morgan fingerprint density at radius 3 is 1.91 bits per heavy atom. The summed E-state index contributed by atoms with van der Waals surface area (Å²) in [5, 5.41) is 12.4. The standard InChI is InChI=1S/C60H65N3O/c1-37(2)44-33-49(38(3)4)56(64)51(34-44)57-62-55-48(42-16-14-17-43(32-42)52-35-41(30-31-61-52)39-20-24-45(25-21-39)58(5,6)7)18-15-19-54(55)63(57)53-29-28-47(60(11,12)13)36-50(53)40-22-26-46(27-23-40)59(8,9)10/h14-38,64H,1-13H3/i5D3,6D3,7D3,20D,21D,24D,25D,30D,31D,35D. The van der Waals surface area contributed by atoms with Crippen LogP contribution < -0.4 is 0 Å². The van der Waals surface area contributed by atoms with E-state index in [0.717, 1.165) is 33.5 Å². The lowest BCUT2D eigenvalue weighted by Gasteiger charge is -2.24. The largest absolute Gasteiger partial charge is 0.507 e. The molecule has 4 heteroatoms. The van der Waals surface area contributed by atoms with E-state index in [1.807, 2.05) is 50.2 Å². The van der Waals surface area contributed by atoms with E-state index in [-0.39, 0.29) is 39.7 Å². The van der Waals surface area contributed by atoms with Gasteiger partial charge in [-0.1, -0.05) is 181 Å². The molecule has 0 atom stereocenters. The summed E-state index contributed by atoms with van der Waals surface area (Å²) in [6.07, 6.45) is -0.727. The second kappa shape index (κ2) is 16.7. The van der Waals surface area contributed by atoms with Crippen molar-refractivity contribution < 1.29 is 27.0 Å². The Kier molecular flexibility index (Phi) is 7.44. The van der Waals surface area contributed by atoms with Gasteiger partial charge in [0.05, 0.1) is 37.6 Å². The second-order valence-electron chi connectivity index (χ2n) is 19.3. The van der Waals surface area contributed by atoms with Gasteiger partial charge in [-0.25, -0.2) is 4.98 Å². The van der Waals surface area contributed by atoms with Crippen molar-refractivity contribution >= 4 is 11.0 Å². The van der Waals surface area contributed by atoms with Gasteiger partial charge >= 0.3 is 0 Å². The van der Waals surface area contributed by atoms with Crippen LogP contribution in [-0.2, 0) is 16.2 Å². The third-order valence-electron chi connectivity index (χ3n) is 11.8. The van der Waals surface area contributed by atoms with Crippen molar-refractivity contribution in [3.8, 4) is 67.5 Å². The van der Waals surface area contributed by atoms with Crippen LogP contribution in [0.15, 0.2) is 139 Å². The van der Waals surface area contributed by atoms with Gasteiger partial charge in [-0.2, -0.15) is 0 Å². The van der Waals surface area contributed by atoms with Gasteiger partial charge in [0.15, 0.2) is 0 Å². The quantitative estimate of drug-likeness (QED) is 0.166. The van der Waals surface area contributed by atoms with Crippen LogP contribution in [0.25, 0.3) is 72.7 Å². The van der Waals surface area contributed by atoms with Gasteiger partial charge in [-0.3, -0.25) is 9.55 Å². The minimum Gasteiger partial charge on any atom is -0.507 e. The predicted molar refractivity (Wildman–Crippen MR) is 272 cm³/mol. The minimum atomic E-state index is -3.92. The lowest BCUT2D eigenvalue weighted by atomic mass is 9.83. The molecule has 0 radical (unpaired) electrons. The molecule has 4 nitrogen and oxygen atoms in total. The Labute approximate surface area is 404 Å². The number of aromatic hydroxyl groups is 1. The average molecular weight is 860 g/mol. The maximum atomic E-state index is 12.4. The molecule has 0 saturated carbocycles. The first-order chi connectivity index (χ1) is 36.9. The summed E-state index contributed by atoms with van der Waals surface area (Å²) < 4.78 is 140. The molecule has 0 aliphatic heterocycles. The molecule has 0 aliphatic carbocycles. The Morgan fingerprint density at radius 2 is 1.25 bits per heavy atom. The Bertz CT molecular complexity index is 3680. The average Bonchev–Trinajstić information content (AvgIpc) is 3.89. The molecule has 0 spiro atoms. The third-order valence-corrected chi connectivity index (χ3v) is 11.8. The molecule has 2 aromatic heterocycles. The molecular formula is C60H65N3O. The molecule has 0 fully saturated rings. The highest BCUT2D eigenvalue weighted by Gasteiger charge is 2.26. The van der Waals surface area contributed by atoms with Crippen LogP contribution in [0.4, 0.5) is 0 Å². The van der Waals surface area contributed by atoms with Crippen LogP contribution >= 0.6 is 0 Å². The number of benzene rings is 6. The fourth-order valence-electron chi connectivity index (χ4n) is 8.00. The number of imidazole rings is 1. The zero-order valence-electron chi connectivity index (χ0n) is 54.2. The molecule has 0 unspecified atom stereocenters. The topological polar surface area (TPSA) is 50.9 Å². The van der Waals surface area contributed by atoms with Gasteiger partial charge < -0.3 is 5.11 Å². The molecule has 1 N–H and O–H groups in total. The highest BCUT2D eigenvalue weighted by molar-refractivity contribution is 5.97. The molecule has 64 heavy (non-hydrogen) atoms. The second-order valence-corrected chi connectivity index (χ2v) is 19.3. The predicted octanol–water partition coefficient (Wildman–Crippen LogP) is 16.6. The fraction of sp³-hybridized carbons (Fsp3) is 0.300. The van der Waals surface area contributed by atoms with Crippen LogP contribution in [0.2, 0.25) is 0 Å². The summed E-state index contributed by atoms with van der Waals surface area (Å²) in [6.45, 7) is 9.56. The SMILES string of the molecule is [2H]c1nc(-c2cccc(-c3cccc4c3nc(-c3cc(C(C)C)cc(C(C)C)c3O)n4-c3ccc(C(C)(C)C)cc3-c3ccc(C(C)(C)C)cc3)c2)c([2H])c(-c2c([2H])c([2H])c(C(C([2H])([2H])[2H])(C([2H])([2H])[2H])C([2H])([2H])[2H])c([2H])c2[2H])c1[2H]. The van der Waals surface area contributed by atoms with Crippen LogP contribution in [0.3, 0.4) is 0 Å². The van der Waals surface area contributed by atoms with E-state index in [4.69, 9.17) is 25.5 Å². The lowest BCUT2D eigenvalue weighted by Crippen LogP contribution is -2.12. The lowest BCUT2D eigenvalue weighted by molar-refractivity contribution is 0.466. The van der Waals surface area contributed by atoms with Crippen LogP contribution in [0, 0.1) is 0 Å². The number of fused-ring (bicyclic) bond motifs is 1. The molecule has 0 amide bonds. The maximum absolute atomic E-state index is 12.4. The molecule has 326 valence electrons. The fourth-order valence-corrected chi connectivity index (χ4v) is 8.00. The zero-order chi connectivity index (χ0) is 59.5. The van der Waals surface area contributed by atoms with Gasteiger partial charge in [0.25, 0.3) is 0 Å². The van der Waals surface area contributed by atoms with Gasteiger partial charge in [0.1, 0.15) is 11.6 Å². The van der Waals surface area contributed by atoms with Gasteiger partial charge in [-0.15, -0.1) is 0 Å². The number of para-hydroxylation sites is 1. The van der Waals surface area contributed by atoms with E-state index >= 15 is 0 Å². The van der Waals surface area contributed by atoms with Crippen molar-refractivity contribution in [2.24, 2.45) is 0 Å². The van der Waals surface area contributed by atoms with Crippen molar-refractivity contribution in [1.29, 1.82) is 0 Å². The summed E-state index contributed by atoms with van der Waals surface area (Å²) in [5.41, 5.74) is 2.83. The number of aromatic nitrogens is 3. The molecule has 2 heterocycles. The summed E-state index contributed by atoms with van der Waals surface area (Å²) in [6, 6.07) is 25.4. The van der Waals surface area contributed by atoms with Crippen molar-refractivity contribution in [2.75, 3.05) is 0 Å². The van der Waals surface area contributed by atoms with E-state index < -0.39 is 85.1 Å². The van der Waals surface area contributed by atoms with Crippen molar-refractivity contribution in [1.82, 2.24) is 14.5 Å². The highest BCUT2D eigenvalue weighted by atomic mass is 16.3. The zero-order valence-corrected chi connectivity index (χ0v) is 38.2. The van der Waals surface area contributed by atoms with Crippen LogP contribution in [0.5, 0.6) is 5.75 Å². The number of hydrogen-bond donors (Lipinski definition) is 1. The first kappa shape index (κ1) is 28.5. The van der Waals surface area contributed by atoms with Gasteiger partial charge in [0, 0.05) is 35.2 Å². The van der Waals surface area contributed by atoms with E-state index in [1.165, 1.54) is 5.56 Å². The van der Waals surface area contributed by atoms with Crippen molar-refractivity contribution in [2.45, 2.75) is 118 Å². The smallest absolute Gasteiger partial charge is 0.149 e. The first-order valence-corrected chi connectivity index (χ1v) is 21.7. The Morgan fingerprint density at radius 1 is 0.578 bits per heavy atom. The maximum Gasteiger partial charge on any atom is 0.149 e. The highest BCUT2D eigenvalue weighted by Crippen LogP contribution is 2.45. The number of rotatable bonds is 8. The molecular weight excluding hydrogens is 779 g/mol. The number of phenols is 1. The van der Waals surface area contributed by atoms with E-state index in [0.29, 0.717) is 33.5 Å². The summed E-state index contributed by atoms with van der Waals surface area (Å²) in [5.74, 6) is 0.638. The number of phenolic OH excluding ortho intramolecular Hbond substituents is 1. The van der Waals surface area contributed by atoms with Gasteiger partial charge in [-0.05, 0) is 121 Å². The van der Waals surface area contributed by atoms with E-state index in [1.54, 1.807) is 18.2 Å². The van der Waals surface area contributed by atoms with Crippen molar-refractivity contribution in [3.63, 3.8) is 0 Å². The summed E-state index contributed by atoms with van der Waals surface area (Å²) >= 11 is 0. The molecule has 8 aromatic rings. The summed E-state index contributed by atoms with van der Waals surface area (Å²) in [4.78, 5) is 9.79. The van der Waals surface area contributed by atoms with Crippen molar-refractivity contribution in [3.05, 3.63) is 167 Å². The summed E-state index contributed by atoms with van der Waals surface area (Å²) in [7, 11) is 0. The van der Waals surface area contributed by atoms with Crippen LogP contribution in [-0.4, -0.2) is 19.6 Å². The monoisotopic (exact) mass is 860 g/mol. The van der Waals surface area contributed by atoms with E-state index in [9.17, 15) is 6.48 Å². The first-order valence-electron chi connectivity index (χ1n) is 29.7. The molecule has 0 bridgehead atoms. The number of pyridine rings is 1. The Hall–Kier alpha value is -6.26. The third kappa shape index (κ3) is 8.68. The molecule has 6 aromatic carbocycles. The number of nitrogens with zero attached hydrogens (tertiary/aromatic N) is 3. The van der Waals surface area contributed by atoms with Gasteiger partial charge in [0.2, 0.25) is 0 Å².